The standard InChI is InChI=1S/C21H20N2O4S/c1-14-17(10-11-19(22-14)27-2)21(12-13-21)20(24)23-28(25,26)18-9-5-7-15-6-3-4-8-16(15)18/h3-11H,12-13H2,1-2H3,(H,23,24). The maximum absolute atomic E-state index is 13.0. The Balaban J connectivity index is 1.68. The molecule has 6 nitrogen and oxygen atoms in total. The number of aryl methyl sites for hydroxylation is 1. The monoisotopic (exact) mass is 396 g/mol. The van der Waals surface area contributed by atoms with Gasteiger partial charge in [-0.3, -0.25) is 4.79 Å². The van der Waals surface area contributed by atoms with Gasteiger partial charge in [0.25, 0.3) is 10.0 Å². The highest BCUT2D eigenvalue weighted by Crippen LogP contribution is 2.49. The minimum atomic E-state index is -4.01. The molecule has 1 N–H and O–H groups in total. The number of nitrogens with zero attached hydrogens (tertiary/aromatic N) is 1. The third-order valence-electron chi connectivity index (χ3n) is 5.24. The maximum Gasteiger partial charge on any atom is 0.264 e. The summed E-state index contributed by atoms with van der Waals surface area (Å²) in [6, 6.07) is 15.7. The topological polar surface area (TPSA) is 85.4 Å². The molecule has 0 aliphatic heterocycles. The van der Waals surface area contributed by atoms with Crippen molar-refractivity contribution in [2.24, 2.45) is 0 Å². The van der Waals surface area contributed by atoms with E-state index in [0.717, 1.165) is 10.9 Å². The summed E-state index contributed by atoms with van der Waals surface area (Å²) in [5, 5.41) is 1.38. The molecule has 28 heavy (non-hydrogen) atoms. The van der Waals surface area contributed by atoms with Gasteiger partial charge in [0.05, 0.1) is 17.4 Å². The van der Waals surface area contributed by atoms with Crippen LogP contribution >= 0.6 is 0 Å². The Kier molecular flexibility index (Phi) is 4.34. The van der Waals surface area contributed by atoms with Crippen LogP contribution in [0.15, 0.2) is 59.5 Å². The molecule has 0 spiro atoms. The molecule has 7 heteroatoms. The van der Waals surface area contributed by atoms with Gasteiger partial charge in [-0.1, -0.05) is 42.5 Å². The molecule has 1 fully saturated rings. The Hall–Kier alpha value is -2.93. The molecule has 0 atom stereocenters. The fraction of sp³-hybridized carbons (Fsp3) is 0.238. The highest BCUT2D eigenvalue weighted by molar-refractivity contribution is 7.90. The van der Waals surface area contributed by atoms with Gasteiger partial charge in [-0.15, -0.1) is 0 Å². The molecule has 0 unspecified atom stereocenters. The zero-order valence-electron chi connectivity index (χ0n) is 15.6. The third-order valence-corrected chi connectivity index (χ3v) is 6.62. The van der Waals surface area contributed by atoms with Crippen LogP contribution in [0.3, 0.4) is 0 Å². The van der Waals surface area contributed by atoms with Crippen LogP contribution in [0.1, 0.15) is 24.1 Å². The molecule has 1 saturated carbocycles. The van der Waals surface area contributed by atoms with Crippen LogP contribution in [0.4, 0.5) is 0 Å². The van der Waals surface area contributed by atoms with Crippen molar-refractivity contribution >= 4 is 26.7 Å². The lowest BCUT2D eigenvalue weighted by atomic mass is 9.94. The van der Waals surface area contributed by atoms with Crippen molar-refractivity contribution in [2.45, 2.75) is 30.1 Å². The average Bonchev–Trinajstić information content (AvgIpc) is 3.49. The van der Waals surface area contributed by atoms with Crippen LogP contribution in [0.2, 0.25) is 0 Å². The number of carbonyl (C=O) groups excluding carboxylic acids is 1. The van der Waals surface area contributed by atoms with Crippen molar-refractivity contribution in [1.29, 1.82) is 0 Å². The van der Waals surface area contributed by atoms with Gasteiger partial charge in [0.1, 0.15) is 0 Å². The lowest BCUT2D eigenvalue weighted by molar-refractivity contribution is -0.121. The molecule has 2 aromatic carbocycles. The van der Waals surface area contributed by atoms with E-state index in [4.69, 9.17) is 4.74 Å². The van der Waals surface area contributed by atoms with Gasteiger partial charge >= 0.3 is 0 Å². The lowest BCUT2D eigenvalue weighted by Crippen LogP contribution is -2.39. The number of fused-ring (bicyclic) bond motifs is 1. The van der Waals surface area contributed by atoms with Crippen molar-refractivity contribution < 1.29 is 17.9 Å². The summed E-state index contributed by atoms with van der Waals surface area (Å²) in [5.41, 5.74) is 0.537. The van der Waals surface area contributed by atoms with E-state index >= 15 is 0 Å². The first-order valence-corrected chi connectivity index (χ1v) is 10.4. The van der Waals surface area contributed by atoms with E-state index in [2.05, 4.69) is 9.71 Å². The number of pyridine rings is 1. The van der Waals surface area contributed by atoms with E-state index < -0.39 is 21.3 Å². The second-order valence-corrected chi connectivity index (χ2v) is 8.63. The number of amides is 1. The SMILES string of the molecule is COc1ccc(C2(C(=O)NS(=O)(=O)c3cccc4ccccc34)CC2)c(C)n1. The molecule has 144 valence electrons. The lowest BCUT2D eigenvalue weighted by Gasteiger charge is -2.18. The number of ether oxygens (including phenoxy) is 1. The van der Waals surface area contributed by atoms with Crippen LogP contribution in [-0.4, -0.2) is 26.4 Å². The van der Waals surface area contributed by atoms with Gasteiger partial charge < -0.3 is 4.74 Å². The molecular weight excluding hydrogens is 376 g/mol. The predicted octanol–water partition coefficient (Wildman–Crippen LogP) is 3.09. The summed E-state index contributed by atoms with van der Waals surface area (Å²) in [4.78, 5) is 17.4. The second-order valence-electron chi connectivity index (χ2n) is 6.98. The number of carbonyl (C=O) groups is 1. The molecule has 3 aromatic rings. The Labute approximate surface area is 163 Å². The largest absolute Gasteiger partial charge is 0.481 e. The van der Waals surface area contributed by atoms with Crippen molar-refractivity contribution in [3.63, 3.8) is 0 Å². The van der Waals surface area contributed by atoms with Crippen molar-refractivity contribution in [2.75, 3.05) is 7.11 Å². The number of hydrogen-bond acceptors (Lipinski definition) is 5. The zero-order chi connectivity index (χ0) is 19.9. The quantitative estimate of drug-likeness (QED) is 0.716. The Morgan fingerprint density at radius 3 is 2.46 bits per heavy atom. The summed E-state index contributed by atoms with van der Waals surface area (Å²) >= 11 is 0. The van der Waals surface area contributed by atoms with Crippen molar-refractivity contribution in [3.05, 3.63) is 65.9 Å². The highest BCUT2D eigenvalue weighted by Gasteiger charge is 2.53. The molecule has 1 amide bonds. The van der Waals surface area contributed by atoms with Crippen molar-refractivity contribution in [1.82, 2.24) is 9.71 Å². The number of nitrogens with one attached hydrogen (secondary N) is 1. The first kappa shape index (κ1) is 18.4. The first-order valence-electron chi connectivity index (χ1n) is 8.94. The van der Waals surface area contributed by atoms with Gasteiger partial charge in [0, 0.05) is 17.1 Å². The number of aromatic nitrogens is 1. The molecule has 4 rings (SSSR count). The summed E-state index contributed by atoms with van der Waals surface area (Å²) in [6.07, 6.45) is 1.16. The van der Waals surface area contributed by atoms with Gasteiger partial charge in [0.15, 0.2) is 0 Å². The summed E-state index contributed by atoms with van der Waals surface area (Å²) in [7, 11) is -2.48. The molecule has 1 aliphatic carbocycles. The number of sulfonamides is 1. The predicted molar refractivity (Wildman–Crippen MR) is 106 cm³/mol. The van der Waals surface area contributed by atoms with Crippen LogP contribution in [-0.2, 0) is 20.2 Å². The minimum Gasteiger partial charge on any atom is -0.481 e. The summed E-state index contributed by atoms with van der Waals surface area (Å²) in [5.74, 6) is -0.0589. The van der Waals surface area contributed by atoms with E-state index in [1.54, 1.807) is 37.3 Å². The maximum atomic E-state index is 13.0. The van der Waals surface area contributed by atoms with E-state index in [1.165, 1.54) is 13.2 Å². The molecule has 0 radical (unpaired) electrons. The van der Waals surface area contributed by atoms with E-state index in [1.807, 2.05) is 18.2 Å². The van der Waals surface area contributed by atoms with Gasteiger partial charge in [-0.25, -0.2) is 18.1 Å². The van der Waals surface area contributed by atoms with Crippen LogP contribution in [0.5, 0.6) is 5.88 Å². The number of rotatable bonds is 5. The fourth-order valence-corrected chi connectivity index (χ4v) is 4.89. The van der Waals surface area contributed by atoms with Crippen LogP contribution in [0.25, 0.3) is 10.8 Å². The summed E-state index contributed by atoms with van der Waals surface area (Å²) < 4.78 is 33.4. The van der Waals surface area contributed by atoms with E-state index in [0.29, 0.717) is 29.8 Å². The van der Waals surface area contributed by atoms with E-state index in [9.17, 15) is 13.2 Å². The molecule has 1 aliphatic rings. The van der Waals surface area contributed by atoms with Gasteiger partial charge in [-0.2, -0.15) is 0 Å². The first-order chi connectivity index (χ1) is 13.4. The second kappa shape index (κ2) is 6.60. The molecular formula is C21H20N2O4S. The minimum absolute atomic E-state index is 0.0966. The van der Waals surface area contributed by atoms with Crippen molar-refractivity contribution in [3.8, 4) is 5.88 Å². The Bertz CT molecular complexity index is 1180. The van der Waals surface area contributed by atoms with Crippen LogP contribution < -0.4 is 9.46 Å². The van der Waals surface area contributed by atoms with E-state index in [-0.39, 0.29) is 4.90 Å². The third kappa shape index (κ3) is 3.01. The molecule has 0 bridgehead atoms. The summed E-state index contributed by atoms with van der Waals surface area (Å²) in [6.45, 7) is 1.80. The fourth-order valence-electron chi connectivity index (χ4n) is 3.61. The Morgan fingerprint density at radius 2 is 1.79 bits per heavy atom. The molecule has 0 saturated heterocycles. The number of hydrogen-bond donors (Lipinski definition) is 1. The number of methoxy groups -OCH3 is 1. The highest BCUT2D eigenvalue weighted by atomic mass is 32.2. The van der Waals surface area contributed by atoms with Gasteiger partial charge in [-0.05, 0) is 36.8 Å². The zero-order valence-corrected chi connectivity index (χ0v) is 16.4. The molecule has 1 heterocycles. The van der Waals surface area contributed by atoms with Gasteiger partial charge in [0.2, 0.25) is 11.8 Å². The molecule has 1 aromatic heterocycles. The smallest absolute Gasteiger partial charge is 0.264 e. The number of benzene rings is 2. The Morgan fingerprint density at radius 1 is 1.07 bits per heavy atom. The average molecular weight is 396 g/mol. The van der Waals surface area contributed by atoms with Crippen LogP contribution in [0, 0.1) is 6.92 Å². The normalized spacial score (nSPS) is 15.2.